The van der Waals surface area contributed by atoms with E-state index in [0.29, 0.717) is 6.10 Å². The molecule has 2 heterocycles. The minimum Gasteiger partial charge on any atom is -0.379 e. The monoisotopic (exact) mass is 248 g/mol. The van der Waals surface area contributed by atoms with E-state index in [1.807, 2.05) is 20.8 Å². The third-order valence-corrected chi connectivity index (χ3v) is 2.63. The molecule has 0 spiro atoms. The van der Waals surface area contributed by atoms with Gasteiger partial charge in [0.15, 0.2) is 0 Å². The van der Waals surface area contributed by atoms with Crippen LogP contribution in [0.3, 0.4) is 0 Å². The summed E-state index contributed by atoms with van der Waals surface area (Å²) in [4.78, 5) is 11.7. The molecule has 0 aromatic carbocycles. The van der Waals surface area contributed by atoms with Crippen LogP contribution in [0.2, 0.25) is 0 Å². The molecule has 5 heteroatoms. The molecule has 0 saturated carbocycles. The van der Waals surface area contributed by atoms with Gasteiger partial charge < -0.3 is 15.0 Å². The summed E-state index contributed by atoms with van der Waals surface area (Å²) in [6, 6.07) is 2.06. The zero-order valence-corrected chi connectivity index (χ0v) is 11.2. The molecule has 0 saturated heterocycles. The highest BCUT2D eigenvalue weighted by atomic mass is 16.5. The molecule has 0 atom stereocenters. The Morgan fingerprint density at radius 3 is 3.00 bits per heavy atom. The molecule has 0 aliphatic rings. The third-order valence-electron chi connectivity index (χ3n) is 2.63. The number of hydrogen-bond acceptors (Lipinski definition) is 4. The predicted octanol–water partition coefficient (Wildman–Crippen LogP) is 2.49. The van der Waals surface area contributed by atoms with Gasteiger partial charge in [-0.1, -0.05) is 0 Å². The highest BCUT2D eigenvalue weighted by Crippen LogP contribution is 2.19. The number of hydrogen-bond donors (Lipinski definition) is 2. The van der Waals surface area contributed by atoms with E-state index in [0.717, 1.165) is 42.1 Å². The molecule has 0 aliphatic carbocycles. The van der Waals surface area contributed by atoms with E-state index in [9.17, 15) is 0 Å². The zero-order chi connectivity index (χ0) is 13.0. The first-order valence-electron chi connectivity index (χ1n) is 6.32. The topological polar surface area (TPSA) is 62.8 Å². The van der Waals surface area contributed by atoms with Crippen molar-refractivity contribution >= 4 is 16.9 Å². The smallest absolute Gasteiger partial charge is 0.143 e. The van der Waals surface area contributed by atoms with E-state index in [-0.39, 0.29) is 0 Å². The van der Waals surface area contributed by atoms with Gasteiger partial charge in [0.2, 0.25) is 0 Å². The van der Waals surface area contributed by atoms with Crippen molar-refractivity contribution in [2.75, 3.05) is 18.5 Å². The minimum absolute atomic E-state index is 0.295. The van der Waals surface area contributed by atoms with Gasteiger partial charge in [0, 0.05) is 18.8 Å². The molecule has 0 amide bonds. The first-order chi connectivity index (χ1) is 8.66. The Kier molecular flexibility index (Phi) is 4.15. The second kappa shape index (κ2) is 5.82. The minimum atomic E-state index is 0.295. The summed E-state index contributed by atoms with van der Waals surface area (Å²) >= 11 is 0. The van der Waals surface area contributed by atoms with E-state index in [1.165, 1.54) is 0 Å². The van der Waals surface area contributed by atoms with E-state index in [2.05, 4.69) is 26.3 Å². The van der Waals surface area contributed by atoms with Gasteiger partial charge in [0.25, 0.3) is 0 Å². The second-order valence-corrected chi connectivity index (χ2v) is 4.64. The van der Waals surface area contributed by atoms with Crippen molar-refractivity contribution in [3.63, 3.8) is 0 Å². The third kappa shape index (κ3) is 3.20. The largest absolute Gasteiger partial charge is 0.379 e. The van der Waals surface area contributed by atoms with E-state index < -0.39 is 0 Å². The number of aromatic nitrogens is 3. The van der Waals surface area contributed by atoms with Gasteiger partial charge in [-0.2, -0.15) is 0 Å². The number of aryl methyl sites for hydroxylation is 1. The summed E-state index contributed by atoms with van der Waals surface area (Å²) < 4.78 is 5.49. The number of H-pyrrole nitrogens is 1. The quantitative estimate of drug-likeness (QED) is 0.771. The maximum absolute atomic E-state index is 5.49. The predicted molar refractivity (Wildman–Crippen MR) is 72.8 cm³/mol. The Bertz CT molecular complexity index is 507. The van der Waals surface area contributed by atoms with Gasteiger partial charge in [-0.15, -0.1) is 0 Å². The molecule has 0 bridgehead atoms. The lowest BCUT2D eigenvalue weighted by molar-refractivity contribution is 0.0787. The van der Waals surface area contributed by atoms with Crippen molar-refractivity contribution in [2.24, 2.45) is 0 Å². The van der Waals surface area contributed by atoms with Crippen LogP contribution in [0.5, 0.6) is 0 Å². The Morgan fingerprint density at radius 1 is 1.39 bits per heavy atom. The van der Waals surface area contributed by atoms with Crippen LogP contribution in [0, 0.1) is 6.92 Å². The summed E-state index contributed by atoms with van der Waals surface area (Å²) in [5.74, 6) is 0.883. The van der Waals surface area contributed by atoms with E-state index in [4.69, 9.17) is 4.74 Å². The second-order valence-electron chi connectivity index (χ2n) is 4.64. The summed E-state index contributed by atoms with van der Waals surface area (Å²) in [7, 11) is 0. The van der Waals surface area contributed by atoms with Gasteiger partial charge in [-0.3, -0.25) is 0 Å². The first-order valence-corrected chi connectivity index (χ1v) is 6.32. The Labute approximate surface area is 107 Å². The number of nitrogens with one attached hydrogen (secondary N) is 2. The fourth-order valence-corrected chi connectivity index (χ4v) is 1.81. The number of rotatable bonds is 6. The van der Waals surface area contributed by atoms with Crippen LogP contribution in [0.4, 0.5) is 5.82 Å². The molecular formula is C13H20N4O. The fourth-order valence-electron chi connectivity index (χ4n) is 1.81. The van der Waals surface area contributed by atoms with Crippen molar-refractivity contribution in [1.82, 2.24) is 15.0 Å². The van der Waals surface area contributed by atoms with Gasteiger partial charge in [-0.05, 0) is 33.3 Å². The summed E-state index contributed by atoms with van der Waals surface area (Å²) in [6.07, 6.45) is 2.83. The van der Waals surface area contributed by atoms with Crippen LogP contribution in [-0.2, 0) is 4.74 Å². The molecule has 0 aliphatic heterocycles. The van der Waals surface area contributed by atoms with Crippen LogP contribution >= 0.6 is 0 Å². The highest BCUT2D eigenvalue weighted by Gasteiger charge is 2.05. The Balaban J connectivity index is 1.91. The van der Waals surface area contributed by atoms with Crippen LogP contribution in [0.25, 0.3) is 11.0 Å². The molecule has 2 N–H and O–H groups in total. The first kappa shape index (κ1) is 12.8. The average molecular weight is 248 g/mol. The van der Waals surface area contributed by atoms with Gasteiger partial charge in [0.1, 0.15) is 17.8 Å². The van der Waals surface area contributed by atoms with Gasteiger partial charge >= 0.3 is 0 Å². The molecule has 0 fully saturated rings. The van der Waals surface area contributed by atoms with Crippen LogP contribution in [0.1, 0.15) is 26.0 Å². The van der Waals surface area contributed by atoms with Crippen LogP contribution in [0.15, 0.2) is 12.4 Å². The van der Waals surface area contributed by atoms with Crippen LogP contribution in [-0.4, -0.2) is 34.2 Å². The van der Waals surface area contributed by atoms with Gasteiger partial charge in [0.05, 0.1) is 11.5 Å². The number of aromatic amines is 1. The number of anilines is 1. The molecule has 2 aromatic heterocycles. The molecule has 18 heavy (non-hydrogen) atoms. The lowest BCUT2D eigenvalue weighted by atomic mass is 10.3. The van der Waals surface area contributed by atoms with Crippen molar-refractivity contribution in [1.29, 1.82) is 0 Å². The van der Waals surface area contributed by atoms with Crippen molar-refractivity contribution < 1.29 is 4.74 Å². The fraction of sp³-hybridized carbons (Fsp3) is 0.538. The molecular weight excluding hydrogens is 228 g/mol. The van der Waals surface area contributed by atoms with E-state index in [1.54, 1.807) is 6.33 Å². The number of nitrogens with zero attached hydrogens (tertiary/aromatic N) is 2. The van der Waals surface area contributed by atoms with Crippen molar-refractivity contribution in [2.45, 2.75) is 33.3 Å². The Hall–Kier alpha value is -1.62. The summed E-state index contributed by atoms with van der Waals surface area (Å²) in [5.41, 5.74) is 1.97. The molecule has 2 aromatic rings. The normalized spacial score (nSPS) is 11.3. The lowest BCUT2D eigenvalue weighted by Gasteiger charge is -2.08. The van der Waals surface area contributed by atoms with Gasteiger partial charge in [-0.25, -0.2) is 9.97 Å². The van der Waals surface area contributed by atoms with Crippen molar-refractivity contribution in [3.8, 4) is 0 Å². The average Bonchev–Trinajstić information content (AvgIpc) is 2.69. The zero-order valence-electron chi connectivity index (χ0n) is 11.2. The molecule has 5 nitrogen and oxygen atoms in total. The molecule has 0 unspecified atom stereocenters. The number of fused-ring (bicyclic) bond motifs is 1. The molecule has 0 radical (unpaired) electrons. The standard InChI is InChI=1S/C13H20N4O/c1-9(2)18-6-4-5-14-12-11-7-10(3)17-13(11)16-8-15-12/h7-9H,4-6H2,1-3H3,(H2,14,15,16,17). The van der Waals surface area contributed by atoms with E-state index >= 15 is 0 Å². The molecule has 98 valence electrons. The lowest BCUT2D eigenvalue weighted by Crippen LogP contribution is -2.10. The van der Waals surface area contributed by atoms with Crippen molar-refractivity contribution in [3.05, 3.63) is 18.1 Å². The summed E-state index contributed by atoms with van der Waals surface area (Å²) in [6.45, 7) is 7.73. The Morgan fingerprint density at radius 2 is 2.22 bits per heavy atom. The maximum Gasteiger partial charge on any atom is 0.143 e. The summed E-state index contributed by atoms with van der Waals surface area (Å²) in [5, 5.41) is 4.37. The number of ether oxygens (including phenoxy) is 1. The SMILES string of the molecule is Cc1cc2c(NCCCOC(C)C)ncnc2[nH]1. The molecule has 2 rings (SSSR count). The maximum atomic E-state index is 5.49. The highest BCUT2D eigenvalue weighted by molar-refractivity contribution is 5.87. The van der Waals surface area contributed by atoms with Crippen LogP contribution < -0.4 is 5.32 Å².